The van der Waals surface area contributed by atoms with Gasteiger partial charge in [0.05, 0.1) is 6.33 Å². The number of aliphatic carboxylic acids is 2. The standard InChI is InChI=1S/C6H9N3O2.C5H9NO2.C4H6N2O2/c7-5(6(10)11)1-4-2-8-3-9-4;7-5(8)4-2-1-3-6-4;7-3-4(8)6-2-1-5-3/h2-3,5H,1,7H2,(H,8,9)(H,10,11);4,6H,1-3H2,(H,7,8);1-2H2,(H,5,7)(H,6,8)/t5-;4-;/m00./s1. The molecule has 2 atom stereocenters. The highest BCUT2D eigenvalue weighted by molar-refractivity contribution is 6.35. The van der Waals surface area contributed by atoms with Crippen LogP contribution in [0.4, 0.5) is 0 Å². The Labute approximate surface area is 154 Å². The molecule has 1 aromatic heterocycles. The number of rotatable bonds is 4. The van der Waals surface area contributed by atoms with Gasteiger partial charge in [0.1, 0.15) is 12.1 Å². The molecule has 12 heteroatoms. The van der Waals surface area contributed by atoms with Crippen molar-refractivity contribution in [2.75, 3.05) is 19.6 Å². The van der Waals surface area contributed by atoms with E-state index in [4.69, 9.17) is 15.9 Å². The minimum Gasteiger partial charge on any atom is -0.480 e. The third-order valence-electron chi connectivity index (χ3n) is 3.57. The van der Waals surface area contributed by atoms with Gasteiger partial charge < -0.3 is 36.9 Å². The summed E-state index contributed by atoms with van der Waals surface area (Å²) in [5.74, 6) is -2.78. The van der Waals surface area contributed by atoms with Crippen LogP contribution in [-0.2, 0) is 25.6 Å². The van der Waals surface area contributed by atoms with Crippen molar-refractivity contribution in [1.29, 1.82) is 0 Å². The van der Waals surface area contributed by atoms with Gasteiger partial charge in [-0.1, -0.05) is 0 Å². The Morgan fingerprint density at radius 1 is 1.19 bits per heavy atom. The number of carboxylic acid groups (broad SMARTS) is 2. The van der Waals surface area contributed by atoms with Crippen LogP contribution in [-0.4, -0.2) is 75.7 Å². The Bertz CT molecular complexity index is 613. The monoisotopic (exact) mass is 384 g/mol. The summed E-state index contributed by atoms with van der Waals surface area (Å²) in [5, 5.41) is 24.4. The second kappa shape index (κ2) is 11.6. The van der Waals surface area contributed by atoms with Crippen molar-refractivity contribution in [3.05, 3.63) is 18.2 Å². The van der Waals surface area contributed by atoms with Crippen LogP contribution in [0.2, 0.25) is 0 Å². The molecule has 150 valence electrons. The molecule has 2 aliphatic heterocycles. The number of carboxylic acids is 2. The predicted molar refractivity (Wildman–Crippen MR) is 92.6 cm³/mol. The lowest BCUT2D eigenvalue weighted by atomic mass is 10.2. The molecule has 8 N–H and O–H groups in total. The number of aromatic nitrogens is 2. The number of piperazine rings is 1. The number of nitrogens with one attached hydrogen (secondary N) is 4. The zero-order valence-electron chi connectivity index (χ0n) is 14.6. The summed E-state index contributed by atoms with van der Waals surface area (Å²) >= 11 is 0. The van der Waals surface area contributed by atoms with Crippen molar-refractivity contribution in [3.63, 3.8) is 0 Å². The van der Waals surface area contributed by atoms with E-state index in [0.29, 0.717) is 13.1 Å². The molecule has 0 aromatic carbocycles. The lowest BCUT2D eigenvalue weighted by Crippen LogP contribution is -2.49. The summed E-state index contributed by atoms with van der Waals surface area (Å²) in [5.41, 5.74) is 6.00. The highest BCUT2D eigenvalue weighted by Crippen LogP contribution is 2.03. The molecule has 0 bridgehead atoms. The molecule has 0 saturated carbocycles. The Hall–Kier alpha value is -2.99. The first-order chi connectivity index (χ1) is 12.8. The second-order valence-corrected chi connectivity index (χ2v) is 5.72. The number of hydrogen-bond acceptors (Lipinski definition) is 7. The van der Waals surface area contributed by atoms with Gasteiger partial charge in [-0.3, -0.25) is 19.2 Å². The maximum atomic E-state index is 10.3. The topological polar surface area (TPSA) is 200 Å². The molecule has 2 fully saturated rings. The number of hydrogen-bond donors (Lipinski definition) is 7. The van der Waals surface area contributed by atoms with E-state index in [9.17, 15) is 19.2 Å². The summed E-state index contributed by atoms with van der Waals surface area (Å²) in [4.78, 5) is 47.4. The van der Waals surface area contributed by atoms with E-state index in [0.717, 1.165) is 25.1 Å². The van der Waals surface area contributed by atoms with Crippen LogP contribution in [0.1, 0.15) is 18.5 Å². The number of nitrogens with two attached hydrogens (primary N) is 1. The van der Waals surface area contributed by atoms with Gasteiger partial charge in [-0.05, 0) is 19.4 Å². The number of carbonyl (C=O) groups is 4. The number of H-pyrrole nitrogens is 1. The first kappa shape index (κ1) is 22.1. The zero-order valence-corrected chi connectivity index (χ0v) is 14.6. The maximum absolute atomic E-state index is 10.3. The molecule has 0 spiro atoms. The molecular formula is C15H24N6O6. The van der Waals surface area contributed by atoms with E-state index in [-0.39, 0.29) is 12.5 Å². The Morgan fingerprint density at radius 2 is 1.81 bits per heavy atom. The van der Waals surface area contributed by atoms with E-state index in [2.05, 4.69) is 25.9 Å². The highest BCUT2D eigenvalue weighted by Gasteiger charge is 2.20. The van der Waals surface area contributed by atoms with Crippen LogP contribution in [0.15, 0.2) is 12.5 Å². The van der Waals surface area contributed by atoms with E-state index in [1.807, 2.05) is 0 Å². The highest BCUT2D eigenvalue weighted by atomic mass is 16.4. The second-order valence-electron chi connectivity index (χ2n) is 5.72. The minimum absolute atomic E-state index is 0.269. The van der Waals surface area contributed by atoms with E-state index in [1.165, 1.54) is 6.33 Å². The van der Waals surface area contributed by atoms with Crippen molar-refractivity contribution in [1.82, 2.24) is 25.9 Å². The summed E-state index contributed by atoms with van der Waals surface area (Å²) in [6.45, 7) is 1.95. The van der Waals surface area contributed by atoms with Crippen molar-refractivity contribution >= 4 is 23.8 Å². The van der Waals surface area contributed by atoms with E-state index in [1.54, 1.807) is 6.20 Å². The minimum atomic E-state index is -1.00. The molecule has 2 saturated heterocycles. The van der Waals surface area contributed by atoms with Gasteiger partial charge in [-0.2, -0.15) is 0 Å². The van der Waals surface area contributed by atoms with Gasteiger partial charge in [-0.25, -0.2) is 4.98 Å². The predicted octanol–water partition coefficient (Wildman–Crippen LogP) is -2.58. The van der Waals surface area contributed by atoms with Gasteiger partial charge >= 0.3 is 23.8 Å². The lowest BCUT2D eigenvalue weighted by Gasteiger charge is -2.10. The number of nitrogens with zero attached hydrogens (tertiary/aromatic N) is 1. The van der Waals surface area contributed by atoms with Crippen LogP contribution < -0.4 is 21.7 Å². The zero-order chi connectivity index (χ0) is 20.2. The van der Waals surface area contributed by atoms with E-state index >= 15 is 0 Å². The van der Waals surface area contributed by atoms with Crippen LogP contribution in [0, 0.1) is 0 Å². The van der Waals surface area contributed by atoms with Crippen LogP contribution in [0.3, 0.4) is 0 Å². The molecule has 1 aromatic rings. The average molecular weight is 384 g/mol. The normalized spacial score (nSPS) is 19.4. The average Bonchev–Trinajstić information content (AvgIpc) is 3.32. The quantitative estimate of drug-likeness (QED) is 0.272. The molecule has 0 aliphatic carbocycles. The summed E-state index contributed by atoms with van der Waals surface area (Å²) in [6, 6.07) is -1.12. The van der Waals surface area contributed by atoms with Crippen molar-refractivity contribution in [2.45, 2.75) is 31.3 Å². The smallest absolute Gasteiger partial charge is 0.320 e. The summed E-state index contributed by atoms with van der Waals surface area (Å²) in [7, 11) is 0. The molecule has 2 aliphatic rings. The maximum Gasteiger partial charge on any atom is 0.320 e. The van der Waals surface area contributed by atoms with Crippen molar-refractivity contribution in [2.24, 2.45) is 5.73 Å². The molecule has 0 radical (unpaired) electrons. The molecule has 12 nitrogen and oxygen atoms in total. The van der Waals surface area contributed by atoms with Gasteiger partial charge in [0.2, 0.25) is 0 Å². The number of imidazole rings is 1. The third-order valence-corrected chi connectivity index (χ3v) is 3.57. The van der Waals surface area contributed by atoms with Gasteiger partial charge in [-0.15, -0.1) is 0 Å². The van der Waals surface area contributed by atoms with Crippen LogP contribution in [0.5, 0.6) is 0 Å². The molecular weight excluding hydrogens is 360 g/mol. The lowest BCUT2D eigenvalue weighted by molar-refractivity contribution is -0.140. The first-order valence-electron chi connectivity index (χ1n) is 8.29. The Morgan fingerprint density at radius 3 is 2.15 bits per heavy atom. The fourth-order valence-electron chi connectivity index (χ4n) is 2.13. The van der Waals surface area contributed by atoms with Gasteiger partial charge in [0, 0.05) is 31.4 Å². The summed E-state index contributed by atoms with van der Waals surface area (Å²) < 4.78 is 0. The SMILES string of the molecule is N[C@@H](Cc1cnc[nH]1)C(=O)O.O=C(O)[C@@H]1CCCN1.O=C1NCCNC1=O. The van der Waals surface area contributed by atoms with Crippen LogP contribution in [0.25, 0.3) is 0 Å². The fraction of sp³-hybridized carbons (Fsp3) is 0.533. The van der Waals surface area contributed by atoms with Crippen LogP contribution >= 0.6 is 0 Å². The van der Waals surface area contributed by atoms with E-state index < -0.39 is 29.8 Å². The molecule has 3 heterocycles. The largest absolute Gasteiger partial charge is 0.480 e. The van der Waals surface area contributed by atoms with Crippen molar-refractivity contribution < 1.29 is 29.4 Å². The molecule has 0 unspecified atom stereocenters. The third kappa shape index (κ3) is 8.78. The summed E-state index contributed by atoms with van der Waals surface area (Å²) in [6.07, 6.45) is 5.12. The molecule has 2 amide bonds. The van der Waals surface area contributed by atoms with Gasteiger partial charge in [0.15, 0.2) is 0 Å². The fourth-order valence-corrected chi connectivity index (χ4v) is 2.13. The number of aromatic amines is 1. The molecule has 27 heavy (non-hydrogen) atoms. The Kier molecular flexibility index (Phi) is 9.47. The number of carbonyl (C=O) groups excluding carboxylic acids is 2. The Balaban J connectivity index is 0.000000206. The first-order valence-corrected chi connectivity index (χ1v) is 8.29. The van der Waals surface area contributed by atoms with Gasteiger partial charge in [0.25, 0.3) is 0 Å². The molecule has 3 rings (SSSR count). The van der Waals surface area contributed by atoms with Crippen molar-refractivity contribution in [3.8, 4) is 0 Å². The number of amides is 2.